The van der Waals surface area contributed by atoms with Gasteiger partial charge in [0.15, 0.2) is 0 Å². The molecule has 0 radical (unpaired) electrons. The maximum atomic E-state index is 12.6. The number of aliphatic hydroxyl groups excluding tert-OH is 1. The van der Waals surface area contributed by atoms with E-state index in [1.807, 2.05) is 32.0 Å². The normalized spacial score (nSPS) is 11.6. The van der Waals surface area contributed by atoms with E-state index in [-0.39, 0.29) is 10.8 Å². The molecule has 1 aromatic carbocycles. The Morgan fingerprint density at radius 3 is 2.50 bits per heavy atom. The highest BCUT2D eigenvalue weighted by molar-refractivity contribution is 7.94. The fourth-order valence-electron chi connectivity index (χ4n) is 1.99. The van der Waals surface area contributed by atoms with E-state index < -0.39 is 10.0 Å². The number of sulfonamides is 1. The summed E-state index contributed by atoms with van der Waals surface area (Å²) in [7, 11) is -2.03. The molecule has 0 aliphatic rings. The Kier molecular flexibility index (Phi) is 4.17. The highest BCUT2D eigenvalue weighted by Crippen LogP contribution is 2.29. The molecule has 20 heavy (non-hydrogen) atoms. The third kappa shape index (κ3) is 2.72. The van der Waals surface area contributed by atoms with Gasteiger partial charge in [0, 0.05) is 7.05 Å². The second kappa shape index (κ2) is 5.55. The third-order valence-corrected chi connectivity index (χ3v) is 6.35. The molecule has 0 amide bonds. The van der Waals surface area contributed by atoms with Crippen LogP contribution in [-0.2, 0) is 16.6 Å². The predicted molar refractivity (Wildman–Crippen MR) is 81.7 cm³/mol. The first-order chi connectivity index (χ1) is 9.36. The van der Waals surface area contributed by atoms with Gasteiger partial charge in [-0.1, -0.05) is 17.7 Å². The summed E-state index contributed by atoms with van der Waals surface area (Å²) in [5.41, 5.74) is 3.28. The van der Waals surface area contributed by atoms with Crippen LogP contribution in [0.5, 0.6) is 0 Å². The Hall–Kier alpha value is -1.37. The van der Waals surface area contributed by atoms with Crippen LogP contribution in [0.15, 0.2) is 33.9 Å². The minimum Gasteiger partial charge on any atom is -0.392 e. The molecular weight excluding hydrogens is 294 g/mol. The predicted octanol–water partition coefficient (Wildman–Crippen LogP) is 2.68. The van der Waals surface area contributed by atoms with Crippen molar-refractivity contribution in [1.29, 1.82) is 0 Å². The molecule has 0 bridgehead atoms. The van der Waals surface area contributed by atoms with E-state index in [1.165, 1.54) is 10.4 Å². The molecule has 0 saturated heterocycles. The van der Waals surface area contributed by atoms with Crippen molar-refractivity contribution in [3.8, 4) is 0 Å². The van der Waals surface area contributed by atoms with Crippen molar-refractivity contribution in [3.05, 3.63) is 46.3 Å². The number of aryl methyl sites for hydroxylation is 2. The van der Waals surface area contributed by atoms with Crippen molar-refractivity contribution in [2.24, 2.45) is 0 Å². The van der Waals surface area contributed by atoms with Crippen LogP contribution in [-0.4, -0.2) is 20.6 Å². The van der Waals surface area contributed by atoms with E-state index in [0.29, 0.717) is 11.3 Å². The number of aliphatic hydroxyl groups is 1. The minimum absolute atomic E-state index is 0.153. The molecular formula is C14H17NO3S2. The van der Waals surface area contributed by atoms with Gasteiger partial charge in [0.2, 0.25) is 0 Å². The van der Waals surface area contributed by atoms with Crippen molar-refractivity contribution < 1.29 is 13.5 Å². The van der Waals surface area contributed by atoms with Crippen LogP contribution in [0.3, 0.4) is 0 Å². The summed E-state index contributed by atoms with van der Waals surface area (Å²) in [5.74, 6) is 0. The van der Waals surface area contributed by atoms with Gasteiger partial charge in [-0.15, -0.1) is 11.3 Å². The van der Waals surface area contributed by atoms with E-state index in [0.717, 1.165) is 22.5 Å². The molecule has 2 aromatic rings. The highest BCUT2D eigenvalue weighted by Gasteiger charge is 2.24. The van der Waals surface area contributed by atoms with E-state index >= 15 is 0 Å². The lowest BCUT2D eigenvalue weighted by Gasteiger charge is -2.20. The van der Waals surface area contributed by atoms with Crippen molar-refractivity contribution in [1.82, 2.24) is 0 Å². The number of anilines is 1. The largest absolute Gasteiger partial charge is 0.392 e. The molecule has 1 heterocycles. The molecule has 2 rings (SSSR count). The molecule has 0 unspecified atom stereocenters. The van der Waals surface area contributed by atoms with Gasteiger partial charge in [-0.3, -0.25) is 4.31 Å². The summed E-state index contributed by atoms with van der Waals surface area (Å²) in [4.78, 5) is 0. The van der Waals surface area contributed by atoms with E-state index in [1.54, 1.807) is 12.4 Å². The quantitative estimate of drug-likeness (QED) is 0.944. The van der Waals surface area contributed by atoms with Crippen molar-refractivity contribution in [2.75, 3.05) is 11.4 Å². The molecule has 0 aliphatic carbocycles. The first-order valence-corrected chi connectivity index (χ1v) is 8.42. The molecule has 1 N–H and O–H groups in total. The van der Waals surface area contributed by atoms with Crippen LogP contribution >= 0.6 is 11.3 Å². The zero-order valence-electron chi connectivity index (χ0n) is 11.6. The first kappa shape index (κ1) is 15.0. The topological polar surface area (TPSA) is 57.6 Å². The molecule has 1 aromatic heterocycles. The minimum atomic E-state index is -3.58. The smallest absolute Gasteiger partial charge is 0.273 e. The zero-order valence-corrected chi connectivity index (χ0v) is 13.3. The van der Waals surface area contributed by atoms with E-state index in [2.05, 4.69) is 0 Å². The molecule has 0 atom stereocenters. The third-order valence-electron chi connectivity index (χ3n) is 3.12. The van der Waals surface area contributed by atoms with Gasteiger partial charge < -0.3 is 5.11 Å². The molecule has 0 fully saturated rings. The van der Waals surface area contributed by atoms with Crippen molar-refractivity contribution >= 4 is 27.0 Å². The van der Waals surface area contributed by atoms with Crippen LogP contribution in [0, 0.1) is 13.8 Å². The first-order valence-electron chi connectivity index (χ1n) is 6.10. The summed E-state index contributed by atoms with van der Waals surface area (Å²) >= 11 is 1.12. The number of hydrogen-bond acceptors (Lipinski definition) is 4. The highest BCUT2D eigenvalue weighted by atomic mass is 32.2. The monoisotopic (exact) mass is 311 g/mol. The van der Waals surface area contributed by atoms with E-state index in [4.69, 9.17) is 5.11 Å². The summed E-state index contributed by atoms with van der Waals surface area (Å²) in [6.07, 6.45) is 0. The van der Waals surface area contributed by atoms with Crippen molar-refractivity contribution in [3.63, 3.8) is 0 Å². The van der Waals surface area contributed by atoms with Gasteiger partial charge in [0.25, 0.3) is 10.0 Å². The standard InChI is InChI=1S/C14H17NO3S2/c1-10-4-5-13(11(2)6-10)15(3)20(17,18)14-7-12(8-16)9-19-14/h4-7,9,16H,8H2,1-3H3. The Balaban J connectivity index is 2.43. The lowest BCUT2D eigenvalue weighted by Crippen LogP contribution is -2.26. The second-order valence-corrected chi connectivity index (χ2v) is 7.80. The number of thiophene rings is 1. The number of hydrogen-bond donors (Lipinski definition) is 1. The van der Waals surface area contributed by atoms with Crippen LogP contribution in [0.25, 0.3) is 0 Å². The van der Waals surface area contributed by atoms with Crippen LogP contribution in [0.2, 0.25) is 0 Å². The van der Waals surface area contributed by atoms with Crippen molar-refractivity contribution in [2.45, 2.75) is 24.7 Å². The average Bonchev–Trinajstić information content (AvgIpc) is 2.87. The molecule has 4 nitrogen and oxygen atoms in total. The average molecular weight is 311 g/mol. The lowest BCUT2D eigenvalue weighted by atomic mass is 10.1. The second-order valence-electron chi connectivity index (χ2n) is 4.69. The van der Waals surface area contributed by atoms with Crippen LogP contribution < -0.4 is 4.31 Å². The maximum absolute atomic E-state index is 12.6. The van der Waals surface area contributed by atoms with Gasteiger partial charge in [0.1, 0.15) is 4.21 Å². The summed E-state index contributed by atoms with van der Waals surface area (Å²) < 4.78 is 26.6. The van der Waals surface area contributed by atoms with Crippen LogP contribution in [0.4, 0.5) is 5.69 Å². The fraction of sp³-hybridized carbons (Fsp3) is 0.286. The van der Waals surface area contributed by atoms with E-state index in [9.17, 15) is 8.42 Å². The van der Waals surface area contributed by atoms with Crippen LogP contribution in [0.1, 0.15) is 16.7 Å². The maximum Gasteiger partial charge on any atom is 0.273 e. The fourth-order valence-corrected chi connectivity index (χ4v) is 4.62. The molecule has 108 valence electrons. The molecule has 0 aliphatic heterocycles. The van der Waals surface area contributed by atoms with Gasteiger partial charge in [-0.25, -0.2) is 8.42 Å². The summed E-state index contributed by atoms with van der Waals surface area (Å²) in [5, 5.41) is 10.7. The van der Waals surface area contributed by atoms with Gasteiger partial charge in [-0.2, -0.15) is 0 Å². The SMILES string of the molecule is Cc1ccc(N(C)S(=O)(=O)c2cc(CO)cs2)c(C)c1. The molecule has 0 spiro atoms. The number of rotatable bonds is 4. The number of benzene rings is 1. The Morgan fingerprint density at radius 2 is 1.95 bits per heavy atom. The Bertz CT molecular complexity index is 720. The number of nitrogens with zero attached hydrogens (tertiary/aromatic N) is 1. The Morgan fingerprint density at radius 1 is 1.25 bits per heavy atom. The summed E-state index contributed by atoms with van der Waals surface area (Å²) in [6, 6.07) is 7.17. The lowest BCUT2D eigenvalue weighted by molar-refractivity contribution is 0.282. The molecule has 6 heteroatoms. The molecule has 0 saturated carbocycles. The zero-order chi connectivity index (χ0) is 14.9. The van der Waals surface area contributed by atoms with Gasteiger partial charge >= 0.3 is 0 Å². The Labute approximate surface area is 123 Å². The summed E-state index contributed by atoms with van der Waals surface area (Å²) in [6.45, 7) is 3.71. The van der Waals surface area contributed by atoms with Gasteiger partial charge in [0.05, 0.1) is 12.3 Å². The van der Waals surface area contributed by atoms with Gasteiger partial charge in [-0.05, 0) is 42.5 Å².